The number of ether oxygens (including phenoxy) is 1. The van der Waals surface area contributed by atoms with Crippen LogP contribution in [-0.4, -0.2) is 66.1 Å². The van der Waals surface area contributed by atoms with Gasteiger partial charge in [-0.15, -0.1) is 0 Å². The van der Waals surface area contributed by atoms with Crippen LogP contribution in [0.25, 0.3) is 0 Å². The first-order chi connectivity index (χ1) is 16.6. The summed E-state index contributed by atoms with van der Waals surface area (Å²) in [5.74, 6) is -2.12. The minimum atomic E-state index is -4.58. The highest BCUT2D eigenvalue weighted by Gasteiger charge is 2.42. The summed E-state index contributed by atoms with van der Waals surface area (Å²) in [5, 5.41) is 9.85. The minimum absolute atomic E-state index is 0.0433. The van der Waals surface area contributed by atoms with Crippen molar-refractivity contribution in [1.82, 2.24) is 9.80 Å². The molecule has 0 radical (unpaired) electrons. The molecule has 0 amide bonds. The predicted molar refractivity (Wildman–Crippen MR) is 118 cm³/mol. The number of rotatable bonds is 7. The fourth-order valence-electron chi connectivity index (χ4n) is 5.14. The van der Waals surface area contributed by atoms with E-state index in [9.17, 15) is 22.7 Å². The molecule has 2 aromatic rings. The van der Waals surface area contributed by atoms with Gasteiger partial charge in [0.25, 0.3) is 0 Å². The number of fused-ring (bicyclic) bond motifs is 1. The Balaban J connectivity index is 1.65. The number of alkyl halides is 4. The fraction of sp³-hybridized carbons (Fsp3) is 0.520. The SMILES string of the molecule is C[C@@H]1Cc2cc(O)ccc2[C@@H](c2c(F)cc(O[C@H]3CCN(CCCF)C3)cc2F)N1CC(F)(F)F. The zero-order valence-electron chi connectivity index (χ0n) is 19.3. The highest BCUT2D eigenvalue weighted by atomic mass is 19.4. The van der Waals surface area contributed by atoms with Crippen molar-refractivity contribution in [3.63, 3.8) is 0 Å². The van der Waals surface area contributed by atoms with Crippen molar-refractivity contribution in [3.05, 3.63) is 58.7 Å². The Labute approximate surface area is 200 Å². The molecule has 2 aliphatic rings. The molecule has 0 aliphatic carbocycles. The Morgan fingerprint density at radius 2 is 1.83 bits per heavy atom. The molecule has 1 fully saturated rings. The third kappa shape index (κ3) is 5.86. The summed E-state index contributed by atoms with van der Waals surface area (Å²) in [6.07, 6.45) is -3.68. The lowest BCUT2D eigenvalue weighted by atomic mass is 9.84. The number of benzene rings is 2. The summed E-state index contributed by atoms with van der Waals surface area (Å²) in [6.45, 7) is 1.56. The van der Waals surface area contributed by atoms with Crippen molar-refractivity contribution in [2.45, 2.75) is 50.6 Å². The van der Waals surface area contributed by atoms with Gasteiger partial charge in [-0.05, 0) is 49.4 Å². The Morgan fingerprint density at radius 3 is 2.49 bits per heavy atom. The van der Waals surface area contributed by atoms with E-state index >= 15 is 8.78 Å². The molecule has 0 spiro atoms. The molecular formula is C25H28F6N2O2. The molecular weight excluding hydrogens is 474 g/mol. The van der Waals surface area contributed by atoms with E-state index in [4.69, 9.17) is 4.74 Å². The first-order valence-electron chi connectivity index (χ1n) is 11.6. The molecule has 0 aromatic heterocycles. The molecule has 2 aliphatic heterocycles. The average molecular weight is 502 g/mol. The van der Waals surface area contributed by atoms with Gasteiger partial charge < -0.3 is 9.84 Å². The van der Waals surface area contributed by atoms with Gasteiger partial charge in [0.15, 0.2) is 0 Å². The number of phenols is 1. The van der Waals surface area contributed by atoms with Crippen LogP contribution in [0, 0.1) is 11.6 Å². The summed E-state index contributed by atoms with van der Waals surface area (Å²) in [7, 11) is 0. The molecule has 1 saturated heterocycles. The minimum Gasteiger partial charge on any atom is -0.508 e. The van der Waals surface area contributed by atoms with Crippen LogP contribution in [0.3, 0.4) is 0 Å². The third-order valence-corrected chi connectivity index (χ3v) is 6.66. The van der Waals surface area contributed by atoms with Gasteiger partial charge in [-0.3, -0.25) is 14.2 Å². The summed E-state index contributed by atoms with van der Waals surface area (Å²) in [5.41, 5.74) is 0.367. The number of aromatic hydroxyl groups is 1. The molecule has 0 saturated carbocycles. The van der Waals surface area contributed by atoms with E-state index in [1.807, 2.05) is 4.90 Å². The fourth-order valence-corrected chi connectivity index (χ4v) is 5.14. The number of nitrogens with zero attached hydrogens (tertiary/aromatic N) is 2. The molecule has 192 valence electrons. The van der Waals surface area contributed by atoms with Crippen molar-refractivity contribution in [2.75, 3.05) is 32.9 Å². The lowest BCUT2D eigenvalue weighted by Gasteiger charge is -2.42. The number of phenolic OH excluding ortho intramolecular Hbond substituents is 1. The normalized spacial score (nSPS) is 23.5. The van der Waals surface area contributed by atoms with Gasteiger partial charge in [0.05, 0.1) is 19.3 Å². The van der Waals surface area contributed by atoms with Gasteiger partial charge in [-0.1, -0.05) is 6.07 Å². The number of hydrogen-bond acceptors (Lipinski definition) is 4. The van der Waals surface area contributed by atoms with E-state index in [-0.39, 0.29) is 24.0 Å². The van der Waals surface area contributed by atoms with Crippen LogP contribution in [0.5, 0.6) is 11.5 Å². The van der Waals surface area contributed by atoms with Crippen molar-refractivity contribution >= 4 is 0 Å². The van der Waals surface area contributed by atoms with Gasteiger partial charge in [0.2, 0.25) is 0 Å². The maximum Gasteiger partial charge on any atom is 0.401 e. The highest BCUT2D eigenvalue weighted by molar-refractivity contribution is 5.46. The standard InChI is InChI=1S/C25H28F6N2O2/c1-15-9-16-10-17(34)3-4-20(16)24(33(15)14-25(29,30)31)23-21(27)11-19(12-22(23)28)35-18-5-8-32(13-18)7-2-6-26/h3-4,10-12,15,18,24,34H,2,5-9,13-14H2,1H3/t15-,18+,24+/m1/s1. The number of hydrogen-bond donors (Lipinski definition) is 1. The Hall–Kier alpha value is -2.46. The Bertz CT molecular complexity index is 1020. The second-order valence-corrected chi connectivity index (χ2v) is 9.30. The monoisotopic (exact) mass is 502 g/mol. The average Bonchev–Trinajstić information content (AvgIpc) is 3.20. The maximum absolute atomic E-state index is 15.4. The molecule has 0 unspecified atom stereocenters. The second kappa shape index (κ2) is 10.3. The van der Waals surface area contributed by atoms with E-state index in [2.05, 4.69) is 0 Å². The van der Waals surface area contributed by atoms with Gasteiger partial charge >= 0.3 is 6.18 Å². The molecule has 0 bridgehead atoms. The first-order valence-corrected chi connectivity index (χ1v) is 11.6. The van der Waals surface area contributed by atoms with Crippen LogP contribution in [0.4, 0.5) is 26.3 Å². The summed E-state index contributed by atoms with van der Waals surface area (Å²) in [4.78, 5) is 3.05. The van der Waals surface area contributed by atoms with Gasteiger partial charge in [0.1, 0.15) is 29.2 Å². The molecule has 3 atom stereocenters. The third-order valence-electron chi connectivity index (χ3n) is 6.66. The second-order valence-electron chi connectivity index (χ2n) is 9.30. The molecule has 2 heterocycles. The summed E-state index contributed by atoms with van der Waals surface area (Å²) in [6, 6.07) is 4.15. The van der Waals surface area contributed by atoms with E-state index in [0.29, 0.717) is 43.6 Å². The van der Waals surface area contributed by atoms with E-state index in [0.717, 1.165) is 17.0 Å². The zero-order chi connectivity index (χ0) is 25.3. The topological polar surface area (TPSA) is 35.9 Å². The lowest BCUT2D eigenvalue weighted by Crippen LogP contribution is -2.47. The van der Waals surface area contributed by atoms with Crippen LogP contribution < -0.4 is 4.74 Å². The smallest absolute Gasteiger partial charge is 0.401 e. The molecule has 10 heteroatoms. The van der Waals surface area contributed by atoms with Crippen molar-refractivity contribution in [1.29, 1.82) is 0 Å². The maximum atomic E-state index is 15.4. The number of halogens is 6. The van der Waals surface area contributed by atoms with E-state index in [1.54, 1.807) is 6.92 Å². The van der Waals surface area contributed by atoms with Crippen LogP contribution in [0.1, 0.15) is 42.5 Å². The zero-order valence-corrected chi connectivity index (χ0v) is 19.3. The quantitative estimate of drug-likeness (QED) is 0.516. The molecule has 1 N–H and O–H groups in total. The Morgan fingerprint density at radius 1 is 1.11 bits per heavy atom. The van der Waals surface area contributed by atoms with Crippen LogP contribution >= 0.6 is 0 Å². The first kappa shape index (κ1) is 25.6. The molecule has 35 heavy (non-hydrogen) atoms. The summed E-state index contributed by atoms with van der Waals surface area (Å²) >= 11 is 0. The van der Waals surface area contributed by atoms with Crippen molar-refractivity contribution in [2.24, 2.45) is 0 Å². The lowest BCUT2D eigenvalue weighted by molar-refractivity contribution is -0.155. The number of likely N-dealkylation sites (tertiary alicyclic amines) is 1. The highest BCUT2D eigenvalue weighted by Crippen LogP contribution is 2.43. The predicted octanol–water partition coefficient (Wildman–Crippen LogP) is 5.38. The molecule has 4 rings (SSSR count). The van der Waals surface area contributed by atoms with Crippen LogP contribution in [-0.2, 0) is 6.42 Å². The van der Waals surface area contributed by atoms with E-state index in [1.165, 1.54) is 18.2 Å². The van der Waals surface area contributed by atoms with Crippen molar-refractivity contribution in [3.8, 4) is 11.5 Å². The van der Waals surface area contributed by atoms with Crippen LogP contribution in [0.2, 0.25) is 0 Å². The molecule has 4 nitrogen and oxygen atoms in total. The van der Waals surface area contributed by atoms with Crippen LogP contribution in [0.15, 0.2) is 30.3 Å². The Kier molecular flexibility index (Phi) is 7.51. The largest absolute Gasteiger partial charge is 0.508 e. The van der Waals surface area contributed by atoms with E-state index < -0.39 is 48.7 Å². The van der Waals surface area contributed by atoms with Gasteiger partial charge in [0, 0.05) is 43.4 Å². The van der Waals surface area contributed by atoms with Crippen molar-refractivity contribution < 1.29 is 36.2 Å². The molecule has 2 aromatic carbocycles. The summed E-state index contributed by atoms with van der Waals surface area (Å²) < 4.78 is 89.2. The van der Waals surface area contributed by atoms with Gasteiger partial charge in [-0.2, -0.15) is 13.2 Å². The van der Waals surface area contributed by atoms with Gasteiger partial charge in [-0.25, -0.2) is 8.78 Å².